The summed E-state index contributed by atoms with van der Waals surface area (Å²) in [5.74, 6) is 1.21. The van der Waals surface area contributed by atoms with Gasteiger partial charge < -0.3 is 15.0 Å². The standard InChI is InChI=1S/C20H31N5O2/c1-13(2)16-11-21-18-17(22-14(3)12-25(16)18)23-15-7-9-24(10-8-15)19(26)27-20(4,5)6/h11-13,15H,7-10H2,1-6H3,(H,22,23). The van der Waals surface area contributed by atoms with Crippen LogP contribution in [0, 0.1) is 6.92 Å². The third-order valence-electron chi connectivity index (χ3n) is 4.72. The lowest BCUT2D eigenvalue weighted by Gasteiger charge is -2.34. The number of piperidine rings is 1. The average molecular weight is 374 g/mol. The molecule has 0 atom stereocenters. The number of hydrogen-bond donors (Lipinski definition) is 1. The number of imidazole rings is 1. The predicted molar refractivity (Wildman–Crippen MR) is 106 cm³/mol. The second-order valence-corrected chi connectivity index (χ2v) is 8.65. The molecule has 1 aliphatic heterocycles. The van der Waals surface area contributed by atoms with Crippen LogP contribution < -0.4 is 5.32 Å². The number of aromatic nitrogens is 3. The molecule has 7 heteroatoms. The zero-order valence-corrected chi connectivity index (χ0v) is 17.2. The Morgan fingerprint density at radius 2 is 1.96 bits per heavy atom. The Kier molecular flexibility index (Phi) is 5.31. The maximum atomic E-state index is 12.2. The van der Waals surface area contributed by atoms with E-state index in [1.54, 1.807) is 4.90 Å². The third-order valence-corrected chi connectivity index (χ3v) is 4.72. The van der Waals surface area contributed by atoms with Crippen molar-refractivity contribution in [3.8, 4) is 0 Å². The maximum Gasteiger partial charge on any atom is 0.410 e. The number of nitrogens with one attached hydrogen (secondary N) is 1. The summed E-state index contributed by atoms with van der Waals surface area (Å²) in [6.45, 7) is 13.4. The van der Waals surface area contributed by atoms with Crippen LogP contribution in [-0.4, -0.2) is 50.1 Å². The Morgan fingerprint density at radius 1 is 1.30 bits per heavy atom. The van der Waals surface area contributed by atoms with Gasteiger partial charge in [-0.2, -0.15) is 0 Å². The van der Waals surface area contributed by atoms with Crippen LogP contribution in [0.25, 0.3) is 5.65 Å². The number of aryl methyl sites for hydroxylation is 1. The zero-order valence-electron chi connectivity index (χ0n) is 17.2. The highest BCUT2D eigenvalue weighted by Gasteiger charge is 2.27. The number of ether oxygens (including phenoxy) is 1. The number of fused-ring (bicyclic) bond motifs is 1. The number of nitrogens with zero attached hydrogens (tertiary/aromatic N) is 4. The number of anilines is 1. The normalized spacial score (nSPS) is 16.2. The fourth-order valence-electron chi connectivity index (χ4n) is 3.38. The number of carbonyl (C=O) groups is 1. The Balaban J connectivity index is 1.68. The van der Waals surface area contributed by atoms with E-state index < -0.39 is 5.60 Å². The highest BCUT2D eigenvalue weighted by atomic mass is 16.6. The molecule has 148 valence electrons. The number of amides is 1. The fraction of sp³-hybridized carbons (Fsp3) is 0.650. The van der Waals surface area contributed by atoms with Crippen molar-refractivity contribution >= 4 is 17.6 Å². The van der Waals surface area contributed by atoms with Crippen LogP contribution in [0.1, 0.15) is 64.8 Å². The lowest BCUT2D eigenvalue weighted by Crippen LogP contribution is -2.44. The first kappa shape index (κ1) is 19.5. The van der Waals surface area contributed by atoms with E-state index in [1.165, 1.54) is 5.69 Å². The second-order valence-electron chi connectivity index (χ2n) is 8.65. The molecule has 3 heterocycles. The number of rotatable bonds is 3. The SMILES string of the molecule is Cc1cn2c(C(C)C)cnc2c(NC2CCN(C(=O)OC(C)(C)C)CC2)n1. The van der Waals surface area contributed by atoms with E-state index in [1.807, 2.05) is 40.1 Å². The van der Waals surface area contributed by atoms with Crippen molar-refractivity contribution in [1.82, 2.24) is 19.3 Å². The topological polar surface area (TPSA) is 71.8 Å². The van der Waals surface area contributed by atoms with Crippen LogP contribution in [-0.2, 0) is 4.74 Å². The van der Waals surface area contributed by atoms with Gasteiger partial charge in [0.1, 0.15) is 5.60 Å². The molecule has 3 rings (SSSR count). The summed E-state index contributed by atoms with van der Waals surface area (Å²) in [6, 6.07) is 0.265. The number of hydrogen-bond acceptors (Lipinski definition) is 5. The van der Waals surface area contributed by atoms with E-state index in [2.05, 4.69) is 33.5 Å². The van der Waals surface area contributed by atoms with E-state index in [4.69, 9.17) is 4.74 Å². The molecular weight excluding hydrogens is 342 g/mol. The molecule has 0 unspecified atom stereocenters. The molecule has 0 radical (unpaired) electrons. The van der Waals surface area contributed by atoms with Crippen molar-refractivity contribution in [3.63, 3.8) is 0 Å². The van der Waals surface area contributed by atoms with Crippen LogP contribution in [0.2, 0.25) is 0 Å². The van der Waals surface area contributed by atoms with Gasteiger partial charge >= 0.3 is 6.09 Å². The summed E-state index contributed by atoms with van der Waals surface area (Å²) in [7, 11) is 0. The smallest absolute Gasteiger partial charge is 0.410 e. The molecule has 0 aliphatic carbocycles. The number of likely N-dealkylation sites (tertiary alicyclic amines) is 1. The Morgan fingerprint density at radius 3 is 2.56 bits per heavy atom. The van der Waals surface area contributed by atoms with Crippen LogP contribution in [0.15, 0.2) is 12.4 Å². The number of carbonyl (C=O) groups excluding carboxylic acids is 1. The van der Waals surface area contributed by atoms with Gasteiger partial charge in [-0.3, -0.25) is 4.40 Å². The van der Waals surface area contributed by atoms with Crippen molar-refractivity contribution in [2.45, 2.75) is 71.9 Å². The van der Waals surface area contributed by atoms with Gasteiger partial charge in [-0.05, 0) is 46.5 Å². The minimum Gasteiger partial charge on any atom is -0.444 e. The Labute approximate surface area is 161 Å². The summed E-state index contributed by atoms with van der Waals surface area (Å²) in [5, 5.41) is 3.55. The summed E-state index contributed by atoms with van der Waals surface area (Å²) >= 11 is 0. The van der Waals surface area contributed by atoms with E-state index in [-0.39, 0.29) is 12.1 Å². The summed E-state index contributed by atoms with van der Waals surface area (Å²) in [5.41, 5.74) is 2.53. The van der Waals surface area contributed by atoms with Gasteiger partial charge in [0, 0.05) is 37.2 Å². The van der Waals surface area contributed by atoms with Crippen LogP contribution >= 0.6 is 0 Å². The van der Waals surface area contributed by atoms with Gasteiger partial charge in [0.15, 0.2) is 11.5 Å². The van der Waals surface area contributed by atoms with Crippen molar-refractivity contribution in [1.29, 1.82) is 0 Å². The highest BCUT2D eigenvalue weighted by molar-refractivity contribution is 5.68. The van der Waals surface area contributed by atoms with E-state index >= 15 is 0 Å². The molecule has 1 fully saturated rings. The molecule has 0 aromatic carbocycles. The van der Waals surface area contributed by atoms with Gasteiger partial charge in [-0.25, -0.2) is 14.8 Å². The minimum absolute atomic E-state index is 0.230. The largest absolute Gasteiger partial charge is 0.444 e. The average Bonchev–Trinajstić information content (AvgIpc) is 2.98. The van der Waals surface area contributed by atoms with Crippen molar-refractivity contribution in [3.05, 3.63) is 23.8 Å². The second kappa shape index (κ2) is 7.37. The fourth-order valence-corrected chi connectivity index (χ4v) is 3.38. The van der Waals surface area contributed by atoms with E-state index in [9.17, 15) is 4.79 Å². The van der Waals surface area contributed by atoms with Crippen LogP contribution in [0.4, 0.5) is 10.6 Å². The summed E-state index contributed by atoms with van der Waals surface area (Å²) in [6.07, 6.45) is 5.45. The first-order valence-corrected chi connectivity index (χ1v) is 9.73. The van der Waals surface area contributed by atoms with Crippen molar-refractivity contribution < 1.29 is 9.53 Å². The molecule has 1 saturated heterocycles. The minimum atomic E-state index is -0.460. The lowest BCUT2D eigenvalue weighted by atomic mass is 10.1. The zero-order chi connectivity index (χ0) is 19.8. The molecule has 0 spiro atoms. The summed E-state index contributed by atoms with van der Waals surface area (Å²) < 4.78 is 7.60. The predicted octanol–water partition coefficient (Wildman–Crippen LogP) is 3.97. The molecule has 2 aromatic heterocycles. The molecule has 2 aromatic rings. The molecular formula is C20H31N5O2. The third kappa shape index (κ3) is 4.51. The van der Waals surface area contributed by atoms with Gasteiger partial charge in [-0.1, -0.05) is 13.8 Å². The molecule has 0 saturated carbocycles. The lowest BCUT2D eigenvalue weighted by molar-refractivity contribution is 0.0210. The van der Waals surface area contributed by atoms with Crippen molar-refractivity contribution in [2.24, 2.45) is 0 Å². The molecule has 1 aliphatic rings. The molecule has 27 heavy (non-hydrogen) atoms. The molecule has 7 nitrogen and oxygen atoms in total. The first-order chi connectivity index (χ1) is 12.6. The highest BCUT2D eigenvalue weighted by Crippen LogP contribution is 2.24. The summed E-state index contributed by atoms with van der Waals surface area (Å²) in [4.78, 5) is 23.3. The van der Waals surface area contributed by atoms with Crippen LogP contribution in [0.5, 0.6) is 0 Å². The quantitative estimate of drug-likeness (QED) is 0.881. The molecule has 1 N–H and O–H groups in total. The van der Waals surface area contributed by atoms with Gasteiger partial charge in [0.25, 0.3) is 0 Å². The maximum absolute atomic E-state index is 12.2. The van der Waals surface area contributed by atoms with Gasteiger partial charge in [0.05, 0.1) is 5.69 Å². The van der Waals surface area contributed by atoms with E-state index in [0.29, 0.717) is 19.0 Å². The van der Waals surface area contributed by atoms with Crippen molar-refractivity contribution in [2.75, 3.05) is 18.4 Å². The van der Waals surface area contributed by atoms with Crippen LogP contribution in [0.3, 0.4) is 0 Å². The Bertz CT molecular complexity index is 814. The Hall–Kier alpha value is -2.31. The first-order valence-electron chi connectivity index (χ1n) is 9.73. The molecule has 0 bridgehead atoms. The van der Waals surface area contributed by atoms with Gasteiger partial charge in [0.2, 0.25) is 0 Å². The molecule has 1 amide bonds. The van der Waals surface area contributed by atoms with Gasteiger partial charge in [-0.15, -0.1) is 0 Å². The monoisotopic (exact) mass is 373 g/mol. The van der Waals surface area contributed by atoms with E-state index in [0.717, 1.165) is 30.0 Å².